The second-order valence-electron chi connectivity index (χ2n) is 7.48. The highest BCUT2D eigenvalue weighted by atomic mass is 32.1. The fourth-order valence-electron chi connectivity index (χ4n) is 3.44. The van der Waals surface area contributed by atoms with Gasteiger partial charge in [0.25, 0.3) is 5.91 Å². The van der Waals surface area contributed by atoms with E-state index in [1.807, 2.05) is 73.7 Å². The molecule has 0 saturated carbocycles. The Labute approximate surface area is 197 Å². The van der Waals surface area contributed by atoms with Gasteiger partial charge in [-0.1, -0.05) is 42.5 Å². The molecule has 33 heavy (non-hydrogen) atoms. The molecular weight excluding hydrogens is 436 g/mol. The van der Waals surface area contributed by atoms with E-state index < -0.39 is 0 Å². The molecule has 1 N–H and O–H groups in total. The Balaban J connectivity index is 1.47. The molecule has 0 radical (unpaired) electrons. The predicted molar refractivity (Wildman–Crippen MR) is 132 cm³/mol. The highest BCUT2D eigenvalue weighted by Gasteiger charge is 2.14. The first-order valence-corrected chi connectivity index (χ1v) is 11.6. The topological polar surface area (TPSA) is 69.7 Å². The molecule has 1 heterocycles. The van der Waals surface area contributed by atoms with Gasteiger partial charge in [0.05, 0.1) is 17.3 Å². The van der Waals surface area contributed by atoms with Crippen LogP contribution in [0.4, 0.5) is 5.13 Å². The third-order valence-electron chi connectivity index (χ3n) is 5.36. The summed E-state index contributed by atoms with van der Waals surface area (Å²) in [6, 6.07) is 21.3. The monoisotopic (exact) mass is 462 g/mol. The van der Waals surface area contributed by atoms with Crippen molar-refractivity contribution in [3.05, 3.63) is 83.4 Å². The zero-order valence-electron chi connectivity index (χ0n) is 18.8. The van der Waals surface area contributed by atoms with Gasteiger partial charge in [-0.25, -0.2) is 4.98 Å². The number of carbonyl (C=O) groups is 1. The van der Waals surface area contributed by atoms with Crippen LogP contribution in [0.15, 0.2) is 66.7 Å². The number of aromatic nitrogens is 1. The van der Waals surface area contributed by atoms with Gasteiger partial charge in [-0.05, 0) is 60.5 Å². The minimum Gasteiger partial charge on any atom is -0.497 e. The second-order valence-corrected chi connectivity index (χ2v) is 8.51. The molecule has 7 heteroatoms. The SMILES string of the molecule is CCOCOc1ccc2nc(NC(=O)c3cccc(C(C)c4ccc(OC)cc4)c3)sc2c1. The fourth-order valence-corrected chi connectivity index (χ4v) is 4.33. The van der Waals surface area contributed by atoms with Gasteiger partial charge in [0.2, 0.25) is 0 Å². The van der Waals surface area contributed by atoms with E-state index in [1.54, 1.807) is 7.11 Å². The lowest BCUT2D eigenvalue weighted by atomic mass is 9.92. The number of carbonyl (C=O) groups excluding carboxylic acids is 1. The van der Waals surface area contributed by atoms with Gasteiger partial charge in [-0.15, -0.1) is 0 Å². The summed E-state index contributed by atoms with van der Waals surface area (Å²) in [5.41, 5.74) is 3.61. The van der Waals surface area contributed by atoms with E-state index in [9.17, 15) is 4.79 Å². The molecule has 0 saturated heterocycles. The molecule has 3 aromatic carbocycles. The molecular formula is C26H26N2O4S. The van der Waals surface area contributed by atoms with Gasteiger partial charge in [-0.3, -0.25) is 10.1 Å². The number of ether oxygens (including phenoxy) is 3. The Morgan fingerprint density at radius 2 is 1.82 bits per heavy atom. The van der Waals surface area contributed by atoms with Crippen LogP contribution < -0.4 is 14.8 Å². The Bertz CT molecular complexity index is 1240. The lowest BCUT2D eigenvalue weighted by Crippen LogP contribution is -2.12. The quantitative estimate of drug-likeness (QED) is 0.241. The number of nitrogens with zero attached hydrogens (tertiary/aromatic N) is 1. The summed E-state index contributed by atoms with van der Waals surface area (Å²) in [6.45, 7) is 4.84. The van der Waals surface area contributed by atoms with E-state index in [0.29, 0.717) is 23.1 Å². The van der Waals surface area contributed by atoms with Crippen LogP contribution in [0.1, 0.15) is 41.3 Å². The molecule has 4 rings (SSSR count). The van der Waals surface area contributed by atoms with Gasteiger partial charge < -0.3 is 14.2 Å². The molecule has 0 aliphatic heterocycles. The van der Waals surface area contributed by atoms with Crippen molar-refractivity contribution in [2.75, 3.05) is 25.8 Å². The summed E-state index contributed by atoms with van der Waals surface area (Å²) >= 11 is 1.41. The van der Waals surface area contributed by atoms with Crippen LogP contribution in [0.5, 0.6) is 11.5 Å². The number of methoxy groups -OCH3 is 1. The highest BCUT2D eigenvalue weighted by molar-refractivity contribution is 7.22. The van der Waals surface area contributed by atoms with Gasteiger partial charge in [0.1, 0.15) is 11.5 Å². The van der Waals surface area contributed by atoms with E-state index in [0.717, 1.165) is 27.1 Å². The molecule has 1 unspecified atom stereocenters. The maximum Gasteiger partial charge on any atom is 0.257 e. The molecule has 0 fully saturated rings. The second kappa shape index (κ2) is 10.5. The summed E-state index contributed by atoms with van der Waals surface area (Å²) in [6.07, 6.45) is 0. The maximum absolute atomic E-state index is 12.9. The fraction of sp³-hybridized carbons (Fsp3) is 0.231. The standard InChI is InChI=1S/C26H26N2O4S/c1-4-31-16-32-22-12-13-23-24(15-22)33-26(27-23)28-25(29)20-7-5-6-19(14-20)17(2)18-8-10-21(30-3)11-9-18/h5-15,17H,4,16H2,1-3H3,(H,27,28,29). The molecule has 0 spiro atoms. The number of benzene rings is 3. The third kappa shape index (κ3) is 5.50. The summed E-state index contributed by atoms with van der Waals surface area (Å²) in [5, 5.41) is 3.47. The van der Waals surface area contributed by atoms with Crippen molar-refractivity contribution in [1.29, 1.82) is 0 Å². The first kappa shape index (κ1) is 22.8. The van der Waals surface area contributed by atoms with E-state index in [-0.39, 0.29) is 18.6 Å². The number of fused-ring (bicyclic) bond motifs is 1. The molecule has 6 nitrogen and oxygen atoms in total. The van der Waals surface area contributed by atoms with Gasteiger partial charge in [0, 0.05) is 18.1 Å². The van der Waals surface area contributed by atoms with E-state index in [2.05, 4.69) is 17.2 Å². The Morgan fingerprint density at radius 3 is 2.58 bits per heavy atom. The van der Waals surface area contributed by atoms with Crippen LogP contribution in [0, 0.1) is 0 Å². The Morgan fingerprint density at radius 1 is 1.03 bits per heavy atom. The third-order valence-corrected chi connectivity index (χ3v) is 6.29. The molecule has 0 aliphatic rings. The number of amides is 1. The number of rotatable bonds is 9. The van der Waals surface area contributed by atoms with Crippen molar-refractivity contribution in [2.45, 2.75) is 19.8 Å². The molecule has 0 bridgehead atoms. The van der Waals surface area contributed by atoms with E-state index >= 15 is 0 Å². The molecule has 1 amide bonds. The number of hydrogen-bond donors (Lipinski definition) is 1. The van der Waals surface area contributed by atoms with Crippen LogP contribution in [0.3, 0.4) is 0 Å². The first-order valence-electron chi connectivity index (χ1n) is 10.7. The minimum atomic E-state index is -0.189. The van der Waals surface area contributed by atoms with Crippen LogP contribution in [0.2, 0.25) is 0 Å². The molecule has 170 valence electrons. The van der Waals surface area contributed by atoms with Gasteiger partial charge in [-0.2, -0.15) is 0 Å². The normalized spacial score (nSPS) is 11.8. The maximum atomic E-state index is 12.9. The highest BCUT2D eigenvalue weighted by Crippen LogP contribution is 2.30. The summed E-state index contributed by atoms with van der Waals surface area (Å²) in [4.78, 5) is 17.4. The van der Waals surface area contributed by atoms with Crippen LogP contribution in [-0.4, -0.2) is 31.4 Å². The molecule has 1 aromatic heterocycles. The average Bonchev–Trinajstić information content (AvgIpc) is 3.25. The number of thiazole rings is 1. The Kier molecular flexibility index (Phi) is 7.22. The summed E-state index contributed by atoms with van der Waals surface area (Å²) < 4.78 is 17.0. The van der Waals surface area contributed by atoms with Crippen molar-refractivity contribution in [1.82, 2.24) is 4.98 Å². The molecule has 0 aliphatic carbocycles. The lowest BCUT2D eigenvalue weighted by Gasteiger charge is -2.14. The molecule has 1 atom stereocenters. The number of hydrogen-bond acceptors (Lipinski definition) is 6. The first-order chi connectivity index (χ1) is 16.1. The van der Waals surface area contributed by atoms with E-state index in [1.165, 1.54) is 11.3 Å². The largest absolute Gasteiger partial charge is 0.497 e. The zero-order valence-corrected chi connectivity index (χ0v) is 19.6. The number of anilines is 1. The Hall–Kier alpha value is -3.42. The van der Waals surface area contributed by atoms with Crippen LogP contribution in [0.25, 0.3) is 10.2 Å². The molecule has 4 aromatic rings. The summed E-state index contributed by atoms with van der Waals surface area (Å²) in [7, 11) is 1.65. The van der Waals surface area contributed by atoms with Crippen LogP contribution in [-0.2, 0) is 4.74 Å². The van der Waals surface area contributed by atoms with Gasteiger partial charge >= 0.3 is 0 Å². The number of nitrogens with one attached hydrogen (secondary N) is 1. The van der Waals surface area contributed by atoms with Crippen molar-refractivity contribution in [2.24, 2.45) is 0 Å². The van der Waals surface area contributed by atoms with Gasteiger partial charge in [0.15, 0.2) is 11.9 Å². The van der Waals surface area contributed by atoms with Crippen molar-refractivity contribution < 1.29 is 19.0 Å². The average molecular weight is 463 g/mol. The van der Waals surface area contributed by atoms with E-state index in [4.69, 9.17) is 14.2 Å². The zero-order chi connectivity index (χ0) is 23.2. The van der Waals surface area contributed by atoms with Crippen molar-refractivity contribution >= 4 is 32.6 Å². The smallest absolute Gasteiger partial charge is 0.257 e. The minimum absolute atomic E-state index is 0.140. The lowest BCUT2D eigenvalue weighted by molar-refractivity contribution is 0.0225. The van der Waals surface area contributed by atoms with Crippen molar-refractivity contribution in [3.8, 4) is 11.5 Å². The predicted octanol–water partition coefficient (Wildman–Crippen LogP) is 6.08. The summed E-state index contributed by atoms with van der Waals surface area (Å²) in [5.74, 6) is 1.48. The van der Waals surface area contributed by atoms with Crippen LogP contribution >= 0.6 is 11.3 Å². The van der Waals surface area contributed by atoms with Crippen molar-refractivity contribution in [3.63, 3.8) is 0 Å².